The van der Waals surface area contributed by atoms with Crippen LogP contribution in [0.5, 0.6) is 17.2 Å². The standard InChI is InChI=1S/C28H32N4O8/c1-5-40-27(35)19-11-13-30(14-12-19)25(33)24-26(34)31(17-18-7-6-8-21(15-18)37-2)28(36)32(29-24)20-9-10-22(38-3)23(16-20)39-4/h6-10,15-16,19H,5,11-14,17H2,1-4H3. The van der Waals surface area contributed by atoms with Gasteiger partial charge in [0, 0.05) is 19.2 Å². The van der Waals surface area contributed by atoms with E-state index in [1.165, 1.54) is 32.3 Å². The number of carbonyl (C=O) groups excluding carboxylic acids is 2. The number of methoxy groups -OCH3 is 3. The lowest BCUT2D eigenvalue weighted by atomic mass is 9.97. The van der Waals surface area contributed by atoms with Crippen molar-refractivity contribution in [3.63, 3.8) is 0 Å². The van der Waals surface area contributed by atoms with Crippen molar-refractivity contribution in [3.05, 3.63) is 74.6 Å². The van der Waals surface area contributed by atoms with Crippen LogP contribution in [0.15, 0.2) is 52.1 Å². The predicted octanol–water partition coefficient (Wildman–Crippen LogP) is 1.88. The van der Waals surface area contributed by atoms with Gasteiger partial charge in [-0.05, 0) is 49.6 Å². The summed E-state index contributed by atoms with van der Waals surface area (Å²) in [5, 5.41) is 4.23. The number of nitrogens with zero attached hydrogens (tertiary/aromatic N) is 4. The molecule has 1 aromatic heterocycles. The van der Waals surface area contributed by atoms with Crippen LogP contribution in [0, 0.1) is 5.92 Å². The highest BCUT2D eigenvalue weighted by molar-refractivity contribution is 5.92. The molecule has 0 aliphatic carbocycles. The average molecular weight is 553 g/mol. The van der Waals surface area contributed by atoms with Gasteiger partial charge in [-0.2, -0.15) is 9.78 Å². The highest BCUT2D eigenvalue weighted by atomic mass is 16.5. The SMILES string of the molecule is CCOC(=O)C1CCN(C(=O)c2nn(-c3ccc(OC)c(OC)c3)c(=O)n(Cc3cccc(OC)c3)c2=O)CC1. The highest BCUT2D eigenvalue weighted by Gasteiger charge is 2.31. The molecule has 1 saturated heterocycles. The summed E-state index contributed by atoms with van der Waals surface area (Å²) < 4.78 is 23.0. The monoisotopic (exact) mass is 552 g/mol. The zero-order valence-electron chi connectivity index (χ0n) is 22.9. The minimum Gasteiger partial charge on any atom is -0.497 e. The summed E-state index contributed by atoms with van der Waals surface area (Å²) >= 11 is 0. The predicted molar refractivity (Wildman–Crippen MR) is 145 cm³/mol. The van der Waals surface area contributed by atoms with Gasteiger partial charge in [-0.25, -0.2) is 4.79 Å². The van der Waals surface area contributed by atoms with Crippen LogP contribution in [-0.4, -0.2) is 72.1 Å². The summed E-state index contributed by atoms with van der Waals surface area (Å²) in [4.78, 5) is 54.4. The molecule has 2 heterocycles. The topological polar surface area (TPSA) is 131 Å². The number of benzene rings is 2. The van der Waals surface area contributed by atoms with Gasteiger partial charge in [-0.1, -0.05) is 12.1 Å². The van der Waals surface area contributed by atoms with E-state index in [1.54, 1.807) is 43.3 Å². The number of carbonyl (C=O) groups is 2. The van der Waals surface area contributed by atoms with Gasteiger partial charge in [0.25, 0.3) is 11.5 Å². The molecule has 40 heavy (non-hydrogen) atoms. The molecule has 1 amide bonds. The molecule has 12 nitrogen and oxygen atoms in total. The number of hydrogen-bond donors (Lipinski definition) is 0. The Morgan fingerprint density at radius 3 is 2.33 bits per heavy atom. The van der Waals surface area contributed by atoms with Crippen LogP contribution in [0.2, 0.25) is 0 Å². The first kappa shape index (κ1) is 28.4. The molecule has 0 bridgehead atoms. The molecular formula is C28H32N4O8. The third kappa shape index (κ3) is 5.85. The quantitative estimate of drug-likeness (QED) is 0.365. The van der Waals surface area contributed by atoms with Gasteiger partial charge in [0.1, 0.15) is 5.75 Å². The second kappa shape index (κ2) is 12.5. The molecule has 1 aliphatic rings. The van der Waals surface area contributed by atoms with Crippen molar-refractivity contribution in [2.75, 3.05) is 41.0 Å². The fraction of sp³-hybridized carbons (Fsp3) is 0.393. The molecule has 212 valence electrons. The maximum absolute atomic E-state index is 13.6. The zero-order chi connectivity index (χ0) is 28.8. The zero-order valence-corrected chi connectivity index (χ0v) is 22.9. The number of aromatic nitrogens is 3. The molecule has 2 aromatic carbocycles. The fourth-order valence-electron chi connectivity index (χ4n) is 4.59. The summed E-state index contributed by atoms with van der Waals surface area (Å²) in [5.74, 6) is 0.0946. The van der Waals surface area contributed by atoms with Crippen LogP contribution >= 0.6 is 0 Å². The van der Waals surface area contributed by atoms with Crippen molar-refractivity contribution < 1.29 is 28.5 Å². The Labute approximate surface area is 230 Å². The molecule has 0 unspecified atom stereocenters. The van der Waals surface area contributed by atoms with E-state index in [4.69, 9.17) is 18.9 Å². The summed E-state index contributed by atoms with van der Waals surface area (Å²) in [6, 6.07) is 11.7. The third-order valence-electron chi connectivity index (χ3n) is 6.75. The van der Waals surface area contributed by atoms with Gasteiger partial charge in [0.05, 0.1) is 46.1 Å². The number of hydrogen-bond acceptors (Lipinski definition) is 9. The Bertz CT molecular complexity index is 1500. The first-order valence-electron chi connectivity index (χ1n) is 12.9. The van der Waals surface area contributed by atoms with Gasteiger partial charge in [0.2, 0.25) is 5.69 Å². The molecule has 1 aliphatic heterocycles. The average Bonchev–Trinajstić information content (AvgIpc) is 2.99. The molecule has 0 radical (unpaired) electrons. The van der Waals surface area contributed by atoms with E-state index in [2.05, 4.69) is 5.10 Å². The largest absolute Gasteiger partial charge is 0.497 e. The molecule has 0 N–H and O–H groups in total. The van der Waals surface area contributed by atoms with Crippen molar-refractivity contribution in [3.8, 4) is 22.9 Å². The van der Waals surface area contributed by atoms with Crippen molar-refractivity contribution in [2.45, 2.75) is 26.3 Å². The van der Waals surface area contributed by atoms with Gasteiger partial charge < -0.3 is 23.8 Å². The van der Waals surface area contributed by atoms with Crippen molar-refractivity contribution in [1.82, 2.24) is 19.2 Å². The number of rotatable bonds is 9. The molecule has 1 fully saturated rings. The molecule has 4 rings (SSSR count). The van der Waals surface area contributed by atoms with Gasteiger partial charge in [-0.15, -0.1) is 0 Å². The molecule has 0 spiro atoms. The number of ether oxygens (including phenoxy) is 4. The lowest BCUT2D eigenvalue weighted by molar-refractivity contribution is -0.149. The van der Waals surface area contributed by atoms with E-state index in [9.17, 15) is 19.2 Å². The lowest BCUT2D eigenvalue weighted by Gasteiger charge is -2.30. The van der Waals surface area contributed by atoms with E-state index in [0.717, 1.165) is 9.25 Å². The molecular weight excluding hydrogens is 520 g/mol. The number of piperidine rings is 1. The van der Waals surface area contributed by atoms with Crippen molar-refractivity contribution >= 4 is 11.9 Å². The summed E-state index contributed by atoms with van der Waals surface area (Å²) in [7, 11) is 4.46. The Morgan fingerprint density at radius 1 is 0.950 bits per heavy atom. The van der Waals surface area contributed by atoms with Crippen LogP contribution in [0.25, 0.3) is 5.69 Å². The molecule has 0 saturated carbocycles. The first-order valence-corrected chi connectivity index (χ1v) is 12.9. The second-order valence-corrected chi connectivity index (χ2v) is 9.14. The van der Waals surface area contributed by atoms with Gasteiger partial charge in [0.15, 0.2) is 11.5 Å². The Hall–Kier alpha value is -4.61. The van der Waals surface area contributed by atoms with Crippen molar-refractivity contribution in [2.24, 2.45) is 5.92 Å². The number of likely N-dealkylation sites (tertiary alicyclic amines) is 1. The summed E-state index contributed by atoms with van der Waals surface area (Å²) in [6.07, 6.45) is 0.801. The fourth-order valence-corrected chi connectivity index (χ4v) is 4.59. The summed E-state index contributed by atoms with van der Waals surface area (Å²) in [5.41, 5.74) is -1.07. The Balaban J connectivity index is 1.78. The van der Waals surface area contributed by atoms with E-state index in [0.29, 0.717) is 35.7 Å². The third-order valence-corrected chi connectivity index (χ3v) is 6.75. The first-order chi connectivity index (χ1) is 19.3. The maximum atomic E-state index is 13.6. The molecule has 0 atom stereocenters. The van der Waals surface area contributed by atoms with E-state index in [-0.39, 0.29) is 43.8 Å². The smallest absolute Gasteiger partial charge is 0.352 e. The van der Waals surface area contributed by atoms with E-state index >= 15 is 0 Å². The Morgan fingerprint density at radius 2 is 1.68 bits per heavy atom. The van der Waals surface area contributed by atoms with Gasteiger partial charge >= 0.3 is 11.7 Å². The van der Waals surface area contributed by atoms with Crippen LogP contribution in [0.3, 0.4) is 0 Å². The van der Waals surface area contributed by atoms with Crippen LogP contribution in [-0.2, 0) is 16.1 Å². The normalized spacial score (nSPS) is 13.6. The molecule has 12 heteroatoms. The Kier molecular flexibility index (Phi) is 8.87. The molecule has 3 aromatic rings. The van der Waals surface area contributed by atoms with E-state index in [1.807, 2.05) is 0 Å². The summed E-state index contributed by atoms with van der Waals surface area (Å²) in [6.45, 7) is 2.40. The number of esters is 1. The van der Waals surface area contributed by atoms with Crippen molar-refractivity contribution in [1.29, 1.82) is 0 Å². The highest BCUT2D eigenvalue weighted by Crippen LogP contribution is 2.28. The van der Waals surface area contributed by atoms with Crippen LogP contribution in [0.4, 0.5) is 0 Å². The van der Waals surface area contributed by atoms with Crippen LogP contribution < -0.4 is 25.5 Å². The maximum Gasteiger partial charge on any atom is 0.352 e. The minimum absolute atomic E-state index is 0.115. The minimum atomic E-state index is -0.818. The number of amides is 1. The van der Waals surface area contributed by atoms with Gasteiger partial charge in [-0.3, -0.25) is 19.0 Å². The van der Waals surface area contributed by atoms with Crippen LogP contribution in [0.1, 0.15) is 35.8 Å². The lowest BCUT2D eigenvalue weighted by Crippen LogP contribution is -2.48. The van der Waals surface area contributed by atoms with E-state index < -0.39 is 22.9 Å². The second-order valence-electron chi connectivity index (χ2n) is 9.14.